The van der Waals surface area contributed by atoms with Crippen LogP contribution in [-0.4, -0.2) is 18.5 Å². The Labute approximate surface area is 93.0 Å². The zero-order chi connectivity index (χ0) is 10.7. The van der Waals surface area contributed by atoms with E-state index < -0.39 is 0 Å². The van der Waals surface area contributed by atoms with Gasteiger partial charge in [-0.1, -0.05) is 18.7 Å². The molecule has 0 saturated heterocycles. The molecular formula is C10H10NO3S. The maximum atomic E-state index is 10.9. The highest BCUT2D eigenvalue weighted by atomic mass is 32.1. The third-order valence-electron chi connectivity index (χ3n) is 2.06. The standard InChI is InChI=1S/C10H10NO3S/c12-10(5-15)11-4-7-1-2-8-9(3-7)14-6-13-8/h1-3H,4-6H2,(H,11,12). The minimum atomic E-state index is -0.136. The first-order valence-corrected chi connectivity index (χ1v) is 5.10. The van der Waals surface area contributed by atoms with Crippen LogP contribution in [0.4, 0.5) is 0 Å². The molecule has 15 heavy (non-hydrogen) atoms. The van der Waals surface area contributed by atoms with Gasteiger partial charge in [0.05, 0.1) is 5.75 Å². The molecule has 0 aromatic heterocycles. The average molecular weight is 224 g/mol. The van der Waals surface area contributed by atoms with Gasteiger partial charge in [-0.15, -0.1) is 0 Å². The molecule has 0 spiro atoms. The van der Waals surface area contributed by atoms with Crippen LogP contribution >= 0.6 is 12.6 Å². The summed E-state index contributed by atoms with van der Waals surface area (Å²) in [5.41, 5.74) is 0.969. The molecular weight excluding hydrogens is 214 g/mol. The summed E-state index contributed by atoms with van der Waals surface area (Å²) < 4.78 is 10.4. The molecule has 1 N–H and O–H groups in total. The van der Waals surface area contributed by atoms with Crippen molar-refractivity contribution in [3.05, 3.63) is 23.8 Å². The predicted octanol–water partition coefficient (Wildman–Crippen LogP) is 1.23. The molecule has 4 nitrogen and oxygen atoms in total. The molecule has 1 heterocycles. The SMILES string of the molecule is O=C(C[S])NCc1ccc2c(c1)OCO2. The molecule has 1 aromatic carbocycles. The largest absolute Gasteiger partial charge is 0.454 e. The number of carbonyl (C=O) groups excluding carboxylic acids is 1. The van der Waals surface area contributed by atoms with Crippen LogP contribution in [0.5, 0.6) is 11.5 Å². The Morgan fingerprint density at radius 2 is 2.20 bits per heavy atom. The number of nitrogens with one attached hydrogen (secondary N) is 1. The van der Waals surface area contributed by atoms with Crippen molar-refractivity contribution in [2.45, 2.75) is 6.54 Å². The highest BCUT2D eigenvalue weighted by Crippen LogP contribution is 2.32. The van der Waals surface area contributed by atoms with Crippen LogP contribution in [0.2, 0.25) is 0 Å². The third kappa shape index (κ3) is 2.36. The Bertz CT molecular complexity index is 381. The molecule has 0 fully saturated rings. The summed E-state index contributed by atoms with van der Waals surface area (Å²) in [5.74, 6) is 1.42. The number of carbonyl (C=O) groups is 1. The quantitative estimate of drug-likeness (QED) is 0.840. The first-order valence-electron chi connectivity index (χ1n) is 4.53. The lowest BCUT2D eigenvalue weighted by Crippen LogP contribution is -2.23. The van der Waals surface area contributed by atoms with Crippen molar-refractivity contribution in [2.24, 2.45) is 0 Å². The fourth-order valence-corrected chi connectivity index (χ4v) is 1.40. The van der Waals surface area contributed by atoms with Gasteiger partial charge in [-0.3, -0.25) is 4.79 Å². The van der Waals surface area contributed by atoms with Gasteiger partial charge in [-0.05, 0) is 17.7 Å². The second kappa shape index (κ2) is 4.44. The first kappa shape index (κ1) is 10.2. The molecule has 1 aliphatic rings. The zero-order valence-electron chi connectivity index (χ0n) is 7.99. The number of hydrogen-bond donors (Lipinski definition) is 1. The Kier molecular flexibility index (Phi) is 3.01. The predicted molar refractivity (Wildman–Crippen MR) is 56.9 cm³/mol. The molecule has 0 unspecified atom stereocenters. The van der Waals surface area contributed by atoms with Gasteiger partial charge in [0, 0.05) is 6.54 Å². The van der Waals surface area contributed by atoms with Crippen LogP contribution in [0, 0.1) is 0 Å². The van der Waals surface area contributed by atoms with E-state index in [4.69, 9.17) is 9.47 Å². The third-order valence-corrected chi connectivity index (χ3v) is 2.32. The maximum absolute atomic E-state index is 10.9. The highest BCUT2D eigenvalue weighted by Gasteiger charge is 2.13. The van der Waals surface area contributed by atoms with Crippen LogP contribution in [-0.2, 0) is 11.3 Å². The minimum absolute atomic E-state index is 0.0878. The van der Waals surface area contributed by atoms with Crippen LogP contribution in [0.25, 0.3) is 0 Å². The van der Waals surface area contributed by atoms with E-state index in [2.05, 4.69) is 17.9 Å². The van der Waals surface area contributed by atoms with E-state index in [1.54, 1.807) is 0 Å². The molecule has 0 aliphatic carbocycles. The second-order valence-electron chi connectivity index (χ2n) is 3.11. The van der Waals surface area contributed by atoms with Crippen LogP contribution in [0.3, 0.4) is 0 Å². The zero-order valence-corrected chi connectivity index (χ0v) is 8.80. The normalized spacial score (nSPS) is 12.6. The molecule has 0 saturated carbocycles. The lowest BCUT2D eigenvalue weighted by Gasteiger charge is -2.04. The number of benzene rings is 1. The molecule has 1 radical (unpaired) electrons. The number of hydrogen-bond acceptors (Lipinski definition) is 3. The molecule has 79 valence electrons. The van der Waals surface area contributed by atoms with Gasteiger partial charge in [0.15, 0.2) is 11.5 Å². The van der Waals surface area contributed by atoms with Crippen LogP contribution in [0.1, 0.15) is 5.56 Å². The lowest BCUT2D eigenvalue weighted by atomic mass is 10.2. The van der Waals surface area contributed by atoms with E-state index in [1.165, 1.54) is 0 Å². The summed E-state index contributed by atoms with van der Waals surface area (Å²) in [5, 5.41) is 2.70. The molecule has 0 bridgehead atoms. The van der Waals surface area contributed by atoms with Crippen LogP contribution < -0.4 is 14.8 Å². The van der Waals surface area contributed by atoms with Gasteiger partial charge < -0.3 is 14.8 Å². The fraction of sp³-hybridized carbons (Fsp3) is 0.300. The Morgan fingerprint density at radius 3 is 3.00 bits per heavy atom. The Balaban J connectivity index is 2.01. The highest BCUT2D eigenvalue weighted by molar-refractivity contribution is 7.81. The van der Waals surface area contributed by atoms with E-state index in [-0.39, 0.29) is 18.5 Å². The Hall–Kier alpha value is -1.36. The number of amides is 1. The monoisotopic (exact) mass is 224 g/mol. The van der Waals surface area contributed by atoms with E-state index in [0.29, 0.717) is 6.54 Å². The minimum Gasteiger partial charge on any atom is -0.454 e. The van der Waals surface area contributed by atoms with Crippen molar-refractivity contribution in [1.29, 1.82) is 0 Å². The van der Waals surface area contributed by atoms with Crippen molar-refractivity contribution in [1.82, 2.24) is 5.32 Å². The van der Waals surface area contributed by atoms with Crippen molar-refractivity contribution in [3.63, 3.8) is 0 Å². The van der Waals surface area contributed by atoms with E-state index in [0.717, 1.165) is 17.1 Å². The van der Waals surface area contributed by atoms with Crippen molar-refractivity contribution in [2.75, 3.05) is 12.5 Å². The molecule has 0 atom stereocenters. The van der Waals surface area contributed by atoms with Gasteiger partial charge in [-0.25, -0.2) is 0 Å². The van der Waals surface area contributed by atoms with Gasteiger partial charge in [0.2, 0.25) is 12.7 Å². The Morgan fingerprint density at radius 1 is 1.40 bits per heavy atom. The van der Waals surface area contributed by atoms with E-state index in [9.17, 15) is 4.79 Å². The van der Waals surface area contributed by atoms with Crippen molar-refractivity contribution >= 4 is 18.5 Å². The fourth-order valence-electron chi connectivity index (χ4n) is 1.30. The second-order valence-corrected chi connectivity index (χ2v) is 3.40. The number of ether oxygens (including phenoxy) is 2. The molecule has 2 rings (SSSR count). The van der Waals surface area contributed by atoms with E-state index >= 15 is 0 Å². The summed E-state index contributed by atoms with van der Waals surface area (Å²) in [7, 11) is 0. The summed E-state index contributed by atoms with van der Waals surface area (Å²) in [6, 6.07) is 5.57. The number of fused-ring (bicyclic) bond motifs is 1. The lowest BCUT2D eigenvalue weighted by molar-refractivity contribution is -0.118. The summed E-state index contributed by atoms with van der Waals surface area (Å²) in [4.78, 5) is 10.9. The molecule has 1 amide bonds. The van der Waals surface area contributed by atoms with Gasteiger partial charge in [0.25, 0.3) is 0 Å². The van der Waals surface area contributed by atoms with Gasteiger partial charge >= 0.3 is 0 Å². The topological polar surface area (TPSA) is 47.6 Å². The van der Waals surface area contributed by atoms with Crippen molar-refractivity contribution in [3.8, 4) is 11.5 Å². The van der Waals surface area contributed by atoms with Gasteiger partial charge in [0.1, 0.15) is 0 Å². The molecule has 1 aliphatic heterocycles. The summed E-state index contributed by atoms with van der Waals surface area (Å²) in [6.45, 7) is 0.726. The first-order chi connectivity index (χ1) is 7.29. The summed E-state index contributed by atoms with van der Waals surface area (Å²) >= 11 is 4.61. The maximum Gasteiger partial charge on any atom is 0.231 e. The number of rotatable bonds is 3. The smallest absolute Gasteiger partial charge is 0.231 e. The molecule has 5 heteroatoms. The average Bonchev–Trinajstić information content (AvgIpc) is 2.72. The van der Waals surface area contributed by atoms with Crippen LogP contribution in [0.15, 0.2) is 18.2 Å². The summed E-state index contributed by atoms with van der Waals surface area (Å²) in [6.07, 6.45) is 0. The molecule has 1 aromatic rings. The van der Waals surface area contributed by atoms with Crippen molar-refractivity contribution < 1.29 is 14.3 Å². The van der Waals surface area contributed by atoms with E-state index in [1.807, 2.05) is 18.2 Å². The van der Waals surface area contributed by atoms with Gasteiger partial charge in [-0.2, -0.15) is 0 Å².